The van der Waals surface area contributed by atoms with E-state index in [1.165, 1.54) is 98.8 Å². The number of aromatic nitrogens is 1. The van der Waals surface area contributed by atoms with Crippen LogP contribution in [0.2, 0.25) is 0 Å². The van der Waals surface area contributed by atoms with E-state index in [1.54, 1.807) is 0 Å². The van der Waals surface area contributed by atoms with Crippen LogP contribution in [-0.2, 0) is 16.2 Å². The molecule has 0 fully saturated rings. The summed E-state index contributed by atoms with van der Waals surface area (Å²) in [6.07, 6.45) is 0. The highest BCUT2D eigenvalue weighted by Crippen LogP contribution is 2.49. The third-order valence-corrected chi connectivity index (χ3v) is 14.0. The van der Waals surface area contributed by atoms with Crippen molar-refractivity contribution in [3.8, 4) is 27.9 Å². The lowest BCUT2D eigenvalue weighted by Gasteiger charge is -2.32. The summed E-state index contributed by atoms with van der Waals surface area (Å²) in [4.78, 5) is 2.55. The van der Waals surface area contributed by atoms with Crippen molar-refractivity contribution < 1.29 is 0 Å². The predicted molar refractivity (Wildman–Crippen MR) is 286 cm³/mol. The smallest absolute Gasteiger partial charge is 0.0541 e. The van der Waals surface area contributed by atoms with Crippen molar-refractivity contribution in [2.45, 2.75) is 78.6 Å². The lowest BCUT2D eigenvalue weighted by Crippen LogP contribution is -2.18. The first kappa shape index (κ1) is 41.5. The van der Waals surface area contributed by atoms with Gasteiger partial charge in [0, 0.05) is 32.8 Å². The average Bonchev–Trinajstić information content (AvgIpc) is 3.64. The fraction of sp³-hybridized carbons (Fsp3) is 0.188. The maximum absolute atomic E-state index is 2.55. The van der Waals surface area contributed by atoms with E-state index in [2.05, 4.69) is 260 Å². The molecule has 11 rings (SSSR count). The number of rotatable bonds is 6. The number of hydrogen-bond donors (Lipinski definition) is 0. The topological polar surface area (TPSA) is 8.17 Å². The van der Waals surface area contributed by atoms with Crippen molar-refractivity contribution >= 4 is 71.2 Å². The van der Waals surface area contributed by atoms with E-state index >= 15 is 0 Å². The molecule has 0 unspecified atom stereocenters. The van der Waals surface area contributed by atoms with Gasteiger partial charge >= 0.3 is 0 Å². The molecule has 0 radical (unpaired) electrons. The number of para-hydroxylation sites is 2. The van der Waals surface area contributed by atoms with Gasteiger partial charge in [-0.2, -0.15) is 0 Å². The minimum absolute atomic E-state index is 0.0360. The van der Waals surface area contributed by atoms with Crippen LogP contribution in [0.25, 0.3) is 82.1 Å². The zero-order valence-electron chi connectivity index (χ0n) is 39.8. The molecule has 0 bridgehead atoms. The van der Waals surface area contributed by atoms with Crippen LogP contribution in [0.4, 0.5) is 17.1 Å². The first-order valence-corrected chi connectivity index (χ1v) is 23.6. The summed E-state index contributed by atoms with van der Waals surface area (Å²) in [6.45, 7) is 21.0. The van der Waals surface area contributed by atoms with Gasteiger partial charge in [0.15, 0.2) is 0 Å². The molecule has 0 N–H and O–H groups in total. The van der Waals surface area contributed by atoms with Gasteiger partial charge in [-0.3, -0.25) is 0 Å². The van der Waals surface area contributed by atoms with Gasteiger partial charge in [-0.1, -0.05) is 202 Å². The summed E-state index contributed by atoms with van der Waals surface area (Å²) in [6, 6.07) is 70.9. The van der Waals surface area contributed by atoms with Crippen LogP contribution in [-0.4, -0.2) is 4.57 Å². The number of nitrogens with zero attached hydrogens (tertiary/aromatic N) is 2. The second-order valence-electron chi connectivity index (χ2n) is 21.5. The number of hydrogen-bond acceptors (Lipinski definition) is 1. The minimum Gasteiger partial charge on any atom is -0.309 e. The molecule has 0 saturated carbocycles. The maximum Gasteiger partial charge on any atom is 0.0541 e. The van der Waals surface area contributed by atoms with E-state index in [0.29, 0.717) is 0 Å². The van der Waals surface area contributed by atoms with Crippen LogP contribution in [0.5, 0.6) is 0 Å². The zero-order valence-corrected chi connectivity index (χ0v) is 39.8. The summed E-state index contributed by atoms with van der Waals surface area (Å²) in [7, 11) is 0. The molecule has 0 amide bonds. The molecule has 0 atom stereocenters. The van der Waals surface area contributed by atoms with Gasteiger partial charge in [-0.15, -0.1) is 0 Å². The molecule has 1 aromatic heterocycles. The second kappa shape index (κ2) is 15.2. The average molecular weight is 855 g/mol. The van der Waals surface area contributed by atoms with Crippen molar-refractivity contribution in [1.29, 1.82) is 0 Å². The molecule has 2 heteroatoms. The minimum atomic E-state index is -0.0547. The Bertz CT molecular complexity index is 3550. The van der Waals surface area contributed by atoms with Crippen LogP contribution < -0.4 is 4.90 Å². The van der Waals surface area contributed by atoms with Crippen molar-refractivity contribution in [2.75, 3.05) is 4.90 Å². The maximum atomic E-state index is 2.55. The lowest BCUT2D eigenvalue weighted by atomic mass is 9.78. The van der Waals surface area contributed by atoms with E-state index in [0.717, 1.165) is 17.1 Å². The summed E-state index contributed by atoms with van der Waals surface area (Å²) in [5.74, 6) is 0. The molecule has 66 heavy (non-hydrogen) atoms. The van der Waals surface area contributed by atoms with Gasteiger partial charge in [0.1, 0.15) is 0 Å². The van der Waals surface area contributed by atoms with Crippen LogP contribution in [0.3, 0.4) is 0 Å². The summed E-state index contributed by atoms with van der Waals surface area (Å²) < 4.78 is 2.47. The molecule has 0 aliphatic rings. The third kappa shape index (κ3) is 6.94. The fourth-order valence-corrected chi connectivity index (χ4v) is 10.3. The second-order valence-corrected chi connectivity index (χ2v) is 21.5. The molecule has 10 aromatic carbocycles. The monoisotopic (exact) mass is 854 g/mol. The zero-order chi connectivity index (χ0) is 45.7. The molecule has 0 saturated heterocycles. The predicted octanol–water partition coefficient (Wildman–Crippen LogP) is 18.4. The molecule has 0 aliphatic heterocycles. The first-order valence-electron chi connectivity index (χ1n) is 23.6. The standard InChI is InChI=1S/C64H58N2/c1-62(2,3)46-30-35-59(54(40-46)45-36-47(63(4,5)6)39-48(37-45)64(7,8)9)65(49-21-17-20-44(38-49)41-18-11-10-12-19-41)57-33-28-42-27-32-53-58(34-29-43-26-31-52(57)60(42)61(43)53)66-55-24-15-13-22-50(55)51-23-14-16-25-56(51)66/h10-40H,1-9H3. The van der Waals surface area contributed by atoms with Crippen molar-refractivity contribution in [3.63, 3.8) is 0 Å². The van der Waals surface area contributed by atoms with Gasteiger partial charge in [0.05, 0.1) is 28.1 Å². The Balaban J connectivity index is 1.22. The Kier molecular flexibility index (Phi) is 9.57. The highest BCUT2D eigenvalue weighted by molar-refractivity contribution is 6.27. The van der Waals surface area contributed by atoms with Crippen molar-refractivity contribution in [2.24, 2.45) is 0 Å². The molecule has 11 aromatic rings. The summed E-state index contributed by atoms with van der Waals surface area (Å²) in [5.41, 5.74) is 15.8. The Morgan fingerprint density at radius 3 is 1.52 bits per heavy atom. The summed E-state index contributed by atoms with van der Waals surface area (Å²) in [5, 5.41) is 10.1. The van der Waals surface area contributed by atoms with Crippen LogP contribution in [0, 0.1) is 0 Å². The SMILES string of the molecule is CC(C)(C)c1cc(-c2cc(C(C)(C)C)ccc2N(c2cccc(-c3ccccc3)c2)c2ccc3ccc4c(-n5c6ccccc6c6ccccc65)ccc5ccc2c3c54)cc(C(C)(C)C)c1. The largest absolute Gasteiger partial charge is 0.309 e. The van der Waals surface area contributed by atoms with E-state index in [4.69, 9.17) is 0 Å². The number of benzene rings is 10. The van der Waals surface area contributed by atoms with Gasteiger partial charge in [-0.25, -0.2) is 0 Å². The molecule has 0 spiro atoms. The van der Waals surface area contributed by atoms with Crippen LogP contribution in [0.15, 0.2) is 188 Å². The van der Waals surface area contributed by atoms with Crippen LogP contribution in [0.1, 0.15) is 79.0 Å². The van der Waals surface area contributed by atoms with Gasteiger partial charge in [0.2, 0.25) is 0 Å². The fourth-order valence-electron chi connectivity index (χ4n) is 10.3. The highest BCUT2D eigenvalue weighted by Gasteiger charge is 2.27. The molecule has 1 heterocycles. The first-order chi connectivity index (χ1) is 31.6. The van der Waals surface area contributed by atoms with E-state index in [1.807, 2.05) is 0 Å². The van der Waals surface area contributed by atoms with Gasteiger partial charge in [0.25, 0.3) is 0 Å². The lowest BCUT2D eigenvalue weighted by molar-refractivity contribution is 0.569. The van der Waals surface area contributed by atoms with Gasteiger partial charge < -0.3 is 9.47 Å². The normalized spacial score (nSPS) is 12.6. The summed E-state index contributed by atoms with van der Waals surface area (Å²) >= 11 is 0. The Morgan fingerprint density at radius 1 is 0.348 bits per heavy atom. The number of fused-ring (bicyclic) bond motifs is 3. The third-order valence-electron chi connectivity index (χ3n) is 14.0. The Labute approximate surface area is 390 Å². The molecule has 2 nitrogen and oxygen atoms in total. The van der Waals surface area contributed by atoms with Gasteiger partial charge in [-0.05, 0) is 120 Å². The molecule has 324 valence electrons. The van der Waals surface area contributed by atoms with E-state index in [9.17, 15) is 0 Å². The highest BCUT2D eigenvalue weighted by atomic mass is 15.1. The number of anilines is 3. The Hall–Kier alpha value is -7.16. The Morgan fingerprint density at radius 2 is 0.879 bits per heavy atom. The van der Waals surface area contributed by atoms with Crippen molar-refractivity contribution in [3.05, 3.63) is 205 Å². The molecule has 0 aliphatic carbocycles. The molecular formula is C64H58N2. The van der Waals surface area contributed by atoms with E-state index < -0.39 is 0 Å². The molecular weight excluding hydrogens is 797 g/mol. The van der Waals surface area contributed by atoms with Crippen LogP contribution >= 0.6 is 0 Å². The van der Waals surface area contributed by atoms with Crippen molar-refractivity contribution in [1.82, 2.24) is 4.57 Å². The van der Waals surface area contributed by atoms with E-state index in [-0.39, 0.29) is 16.2 Å². The quantitative estimate of drug-likeness (QED) is 0.151.